The minimum atomic E-state index is 0.171. The Balaban J connectivity index is 2.38. The quantitative estimate of drug-likeness (QED) is 0.850. The van der Waals surface area contributed by atoms with Crippen LogP contribution >= 0.6 is 15.9 Å². The first kappa shape index (κ1) is 16.6. The monoisotopic (exact) mass is 356 g/mol. The number of hydrogen-bond acceptors (Lipinski definition) is 4. The molecule has 0 saturated carbocycles. The topological polar surface area (TPSA) is 44.7 Å². The van der Waals surface area contributed by atoms with Gasteiger partial charge >= 0.3 is 0 Å². The van der Waals surface area contributed by atoms with Gasteiger partial charge < -0.3 is 15.2 Å². The largest absolute Gasteiger partial charge is 0.503 e. The van der Waals surface area contributed by atoms with Crippen LogP contribution in [0.4, 0.5) is 0 Å². The lowest BCUT2D eigenvalue weighted by Crippen LogP contribution is -2.46. The lowest BCUT2D eigenvalue weighted by atomic mass is 9.90. The van der Waals surface area contributed by atoms with Crippen LogP contribution < -0.4 is 10.1 Å². The number of benzene rings is 1. The Kier molecular flexibility index (Phi) is 5.90. The van der Waals surface area contributed by atoms with Gasteiger partial charge in [0.1, 0.15) is 0 Å². The van der Waals surface area contributed by atoms with E-state index in [-0.39, 0.29) is 5.75 Å². The predicted molar refractivity (Wildman–Crippen MR) is 89.0 cm³/mol. The zero-order valence-corrected chi connectivity index (χ0v) is 14.6. The van der Waals surface area contributed by atoms with Gasteiger partial charge in [-0.05, 0) is 39.5 Å². The van der Waals surface area contributed by atoms with E-state index in [1.807, 2.05) is 12.1 Å². The molecule has 1 aliphatic heterocycles. The van der Waals surface area contributed by atoms with E-state index in [1.165, 1.54) is 5.56 Å². The number of halogens is 1. The molecule has 0 bridgehead atoms. The second kappa shape index (κ2) is 7.47. The summed E-state index contributed by atoms with van der Waals surface area (Å²) in [4.78, 5) is 2.53. The Morgan fingerprint density at radius 1 is 1.38 bits per heavy atom. The van der Waals surface area contributed by atoms with Gasteiger partial charge in [0.15, 0.2) is 11.5 Å². The molecular weight excluding hydrogens is 332 g/mol. The highest BCUT2D eigenvalue weighted by molar-refractivity contribution is 9.10. The molecule has 0 aromatic heterocycles. The van der Waals surface area contributed by atoms with Crippen LogP contribution in [-0.2, 0) is 0 Å². The molecule has 1 aromatic carbocycles. The van der Waals surface area contributed by atoms with Crippen LogP contribution in [0, 0.1) is 5.92 Å². The van der Waals surface area contributed by atoms with Crippen LogP contribution in [-0.4, -0.2) is 43.3 Å². The van der Waals surface area contributed by atoms with E-state index in [1.54, 1.807) is 7.11 Å². The van der Waals surface area contributed by atoms with Gasteiger partial charge in [-0.15, -0.1) is 0 Å². The normalized spacial score (nSPS) is 19.2. The molecule has 2 rings (SSSR count). The molecule has 1 fully saturated rings. The van der Waals surface area contributed by atoms with Gasteiger partial charge in [0.25, 0.3) is 0 Å². The molecule has 2 N–H and O–H groups in total. The number of phenols is 1. The van der Waals surface area contributed by atoms with Crippen LogP contribution in [0.15, 0.2) is 16.6 Å². The maximum Gasteiger partial charge on any atom is 0.172 e. The molecule has 5 heteroatoms. The Morgan fingerprint density at radius 2 is 2.05 bits per heavy atom. The minimum Gasteiger partial charge on any atom is -0.503 e. The van der Waals surface area contributed by atoms with Crippen molar-refractivity contribution in [2.45, 2.75) is 26.3 Å². The number of ether oxygens (including phenoxy) is 1. The maximum absolute atomic E-state index is 10.0. The van der Waals surface area contributed by atoms with Crippen molar-refractivity contribution in [3.05, 3.63) is 22.2 Å². The molecule has 2 atom stereocenters. The van der Waals surface area contributed by atoms with Crippen molar-refractivity contribution < 1.29 is 9.84 Å². The van der Waals surface area contributed by atoms with Crippen molar-refractivity contribution >= 4 is 15.9 Å². The SMILES string of the molecule is CCC(C)[C@H](c1cc(Br)c(O)c(OC)c1)N1CCNCC1. The van der Waals surface area contributed by atoms with Gasteiger partial charge in [-0.2, -0.15) is 0 Å². The Morgan fingerprint density at radius 3 is 2.62 bits per heavy atom. The summed E-state index contributed by atoms with van der Waals surface area (Å²) in [5.41, 5.74) is 1.20. The van der Waals surface area contributed by atoms with E-state index in [2.05, 4.69) is 40.0 Å². The van der Waals surface area contributed by atoms with E-state index < -0.39 is 0 Å². The van der Waals surface area contributed by atoms with Crippen molar-refractivity contribution in [2.75, 3.05) is 33.3 Å². The highest BCUT2D eigenvalue weighted by Gasteiger charge is 2.27. The third kappa shape index (κ3) is 3.71. The highest BCUT2D eigenvalue weighted by atomic mass is 79.9. The minimum absolute atomic E-state index is 0.171. The summed E-state index contributed by atoms with van der Waals surface area (Å²) in [6, 6.07) is 4.35. The van der Waals surface area contributed by atoms with Crippen molar-refractivity contribution in [3.63, 3.8) is 0 Å². The Bertz CT molecular complexity index is 476. The van der Waals surface area contributed by atoms with E-state index in [9.17, 15) is 5.11 Å². The van der Waals surface area contributed by atoms with Crippen molar-refractivity contribution in [1.82, 2.24) is 10.2 Å². The zero-order valence-electron chi connectivity index (χ0n) is 13.0. The van der Waals surface area contributed by atoms with Gasteiger partial charge in [0.2, 0.25) is 0 Å². The second-order valence-electron chi connectivity index (χ2n) is 5.67. The molecule has 1 heterocycles. The molecule has 1 aromatic rings. The number of nitrogens with one attached hydrogen (secondary N) is 1. The summed E-state index contributed by atoms with van der Waals surface area (Å²) < 4.78 is 6.00. The van der Waals surface area contributed by atoms with Gasteiger partial charge in [-0.25, -0.2) is 0 Å². The summed E-state index contributed by atoms with van der Waals surface area (Å²) in [6.07, 6.45) is 1.12. The average Bonchev–Trinajstić information content (AvgIpc) is 2.51. The maximum atomic E-state index is 10.0. The van der Waals surface area contributed by atoms with E-state index in [0.29, 0.717) is 22.2 Å². The summed E-state index contributed by atoms with van der Waals surface area (Å²) in [5, 5.41) is 13.4. The number of hydrogen-bond donors (Lipinski definition) is 2. The Labute approximate surface area is 135 Å². The Hall–Kier alpha value is -0.780. The molecule has 4 nitrogen and oxygen atoms in total. The van der Waals surface area contributed by atoms with Crippen LogP contribution in [0.5, 0.6) is 11.5 Å². The smallest absolute Gasteiger partial charge is 0.172 e. The molecule has 1 unspecified atom stereocenters. The van der Waals surface area contributed by atoms with Crippen LogP contribution in [0.25, 0.3) is 0 Å². The molecule has 0 aliphatic carbocycles. The number of piperazine rings is 1. The third-order valence-corrected chi connectivity index (χ3v) is 4.94. The number of phenolic OH excluding ortho intramolecular Hbond substituents is 1. The molecule has 118 valence electrons. The molecule has 1 aliphatic rings. The average molecular weight is 357 g/mol. The van der Waals surface area contributed by atoms with E-state index in [0.717, 1.165) is 32.6 Å². The molecule has 21 heavy (non-hydrogen) atoms. The van der Waals surface area contributed by atoms with Crippen molar-refractivity contribution in [3.8, 4) is 11.5 Å². The summed E-state index contributed by atoms with van der Waals surface area (Å²) in [6.45, 7) is 8.69. The lowest BCUT2D eigenvalue weighted by Gasteiger charge is -2.38. The van der Waals surface area contributed by atoms with Gasteiger partial charge in [0.05, 0.1) is 11.6 Å². The first-order valence-corrected chi connectivity index (χ1v) is 8.39. The van der Waals surface area contributed by atoms with E-state index in [4.69, 9.17) is 4.74 Å². The number of rotatable bonds is 5. The summed E-state index contributed by atoms with van der Waals surface area (Å²) >= 11 is 3.44. The van der Waals surface area contributed by atoms with Crippen molar-refractivity contribution in [2.24, 2.45) is 5.92 Å². The molecule has 0 amide bonds. The first-order chi connectivity index (χ1) is 10.1. The first-order valence-electron chi connectivity index (χ1n) is 7.59. The fourth-order valence-electron chi connectivity index (χ4n) is 3.00. The number of aromatic hydroxyl groups is 1. The zero-order chi connectivity index (χ0) is 15.4. The molecule has 1 saturated heterocycles. The predicted octanol–water partition coefficient (Wildman–Crippen LogP) is 3.16. The van der Waals surface area contributed by atoms with Gasteiger partial charge in [-0.1, -0.05) is 20.3 Å². The summed E-state index contributed by atoms with van der Waals surface area (Å²) in [7, 11) is 1.59. The standard InChI is InChI=1S/C16H25BrN2O2/c1-4-11(2)15(19-7-5-18-6-8-19)12-9-13(17)16(20)14(10-12)21-3/h9-11,15,18,20H,4-8H2,1-3H3/t11?,15-/m1/s1. The fourth-order valence-corrected chi connectivity index (χ4v) is 3.46. The lowest BCUT2D eigenvalue weighted by molar-refractivity contribution is 0.128. The van der Waals surface area contributed by atoms with Crippen LogP contribution in [0.3, 0.4) is 0 Å². The van der Waals surface area contributed by atoms with Crippen LogP contribution in [0.1, 0.15) is 31.9 Å². The van der Waals surface area contributed by atoms with E-state index >= 15 is 0 Å². The van der Waals surface area contributed by atoms with Gasteiger partial charge in [0, 0.05) is 32.2 Å². The molecule has 0 spiro atoms. The molecular formula is C16H25BrN2O2. The van der Waals surface area contributed by atoms with Gasteiger partial charge in [-0.3, -0.25) is 4.90 Å². The number of methoxy groups -OCH3 is 1. The van der Waals surface area contributed by atoms with Crippen LogP contribution in [0.2, 0.25) is 0 Å². The fraction of sp³-hybridized carbons (Fsp3) is 0.625. The van der Waals surface area contributed by atoms with Crippen molar-refractivity contribution in [1.29, 1.82) is 0 Å². The second-order valence-corrected chi connectivity index (χ2v) is 6.52. The molecule has 0 radical (unpaired) electrons. The highest BCUT2D eigenvalue weighted by Crippen LogP contribution is 2.40. The number of nitrogens with zero attached hydrogens (tertiary/aromatic N) is 1. The summed E-state index contributed by atoms with van der Waals surface area (Å²) in [5.74, 6) is 1.25. The third-order valence-electron chi connectivity index (χ3n) is 4.34.